The van der Waals surface area contributed by atoms with E-state index in [1.807, 2.05) is 24.3 Å². The number of hydrogen-bond donors (Lipinski definition) is 1. The van der Waals surface area contributed by atoms with Gasteiger partial charge in [0.15, 0.2) is 0 Å². The predicted molar refractivity (Wildman–Crippen MR) is 116 cm³/mol. The summed E-state index contributed by atoms with van der Waals surface area (Å²) in [7, 11) is -0.483. The van der Waals surface area contributed by atoms with Crippen LogP contribution in [0.15, 0.2) is 47.4 Å². The second kappa shape index (κ2) is 10.6. The third-order valence-corrected chi connectivity index (χ3v) is 7.02. The fourth-order valence-electron chi connectivity index (χ4n) is 3.33. The first-order valence-corrected chi connectivity index (χ1v) is 11.5. The molecule has 1 amide bonds. The van der Waals surface area contributed by atoms with Gasteiger partial charge < -0.3 is 19.5 Å². The predicted octanol–water partition coefficient (Wildman–Crippen LogP) is 1.97. The highest BCUT2D eigenvalue weighted by Crippen LogP contribution is 2.26. The molecule has 0 aromatic heterocycles. The smallest absolute Gasteiger partial charge is 0.243 e. The largest absolute Gasteiger partial charge is 0.497 e. The van der Waals surface area contributed by atoms with E-state index in [4.69, 9.17) is 14.2 Å². The zero-order chi connectivity index (χ0) is 22.3. The van der Waals surface area contributed by atoms with Gasteiger partial charge in [-0.1, -0.05) is 12.1 Å². The maximum absolute atomic E-state index is 12.9. The van der Waals surface area contributed by atoms with E-state index in [9.17, 15) is 13.2 Å². The zero-order valence-electron chi connectivity index (χ0n) is 17.8. The maximum atomic E-state index is 12.9. The highest BCUT2D eigenvalue weighted by Gasteiger charge is 2.27. The molecular weight excluding hydrogens is 420 g/mol. The molecule has 1 N–H and O–H groups in total. The van der Waals surface area contributed by atoms with E-state index in [0.717, 1.165) is 11.3 Å². The third kappa shape index (κ3) is 5.96. The fourth-order valence-corrected chi connectivity index (χ4v) is 4.79. The van der Waals surface area contributed by atoms with Gasteiger partial charge >= 0.3 is 0 Å². The minimum Gasteiger partial charge on any atom is -0.497 e. The molecule has 0 bridgehead atoms. The van der Waals surface area contributed by atoms with Crippen LogP contribution < -0.4 is 14.8 Å². The molecule has 2 aromatic carbocycles. The lowest BCUT2D eigenvalue weighted by molar-refractivity contribution is -0.121. The molecule has 1 aliphatic rings. The number of nitrogens with one attached hydrogen (secondary N) is 1. The van der Waals surface area contributed by atoms with Gasteiger partial charge in [-0.05, 0) is 47.9 Å². The minimum absolute atomic E-state index is 0.126. The van der Waals surface area contributed by atoms with Crippen LogP contribution in [0.3, 0.4) is 0 Å². The second-order valence-electron chi connectivity index (χ2n) is 7.11. The second-order valence-corrected chi connectivity index (χ2v) is 9.05. The van der Waals surface area contributed by atoms with Gasteiger partial charge in [-0.3, -0.25) is 4.79 Å². The zero-order valence-corrected chi connectivity index (χ0v) is 18.6. The summed E-state index contributed by atoms with van der Waals surface area (Å²) in [6.45, 7) is 1.84. The van der Waals surface area contributed by atoms with Gasteiger partial charge in [0.25, 0.3) is 0 Å². The summed E-state index contributed by atoms with van der Waals surface area (Å²) in [4.78, 5) is 12.5. The highest BCUT2D eigenvalue weighted by atomic mass is 32.2. The molecule has 9 heteroatoms. The van der Waals surface area contributed by atoms with Crippen molar-refractivity contribution >= 4 is 15.9 Å². The van der Waals surface area contributed by atoms with Crippen molar-refractivity contribution in [2.75, 3.05) is 40.5 Å². The number of aryl methyl sites for hydroxylation is 1. The van der Waals surface area contributed by atoms with Crippen molar-refractivity contribution in [2.24, 2.45) is 0 Å². The lowest BCUT2D eigenvalue weighted by atomic mass is 10.1. The van der Waals surface area contributed by atoms with Crippen molar-refractivity contribution in [1.82, 2.24) is 9.62 Å². The Labute approximate surface area is 183 Å². The first kappa shape index (κ1) is 23.1. The first-order chi connectivity index (χ1) is 14.9. The number of hydrogen-bond acceptors (Lipinski definition) is 6. The van der Waals surface area contributed by atoms with E-state index >= 15 is 0 Å². The molecule has 0 spiro atoms. The summed E-state index contributed by atoms with van der Waals surface area (Å²) in [6.07, 6.45) is 0.581. The average molecular weight is 449 g/mol. The quantitative estimate of drug-likeness (QED) is 0.630. The molecule has 1 saturated heterocycles. The number of methoxy groups -OCH3 is 2. The Kier molecular flexibility index (Phi) is 7.89. The third-order valence-electron chi connectivity index (χ3n) is 5.13. The lowest BCUT2D eigenvalue weighted by Gasteiger charge is -2.26. The number of benzene rings is 2. The Morgan fingerprint density at radius 3 is 2.42 bits per heavy atom. The van der Waals surface area contributed by atoms with Gasteiger partial charge in [-0.25, -0.2) is 8.42 Å². The van der Waals surface area contributed by atoms with Crippen molar-refractivity contribution in [3.63, 3.8) is 0 Å². The van der Waals surface area contributed by atoms with Crippen LogP contribution in [0.5, 0.6) is 11.5 Å². The molecule has 0 aliphatic carbocycles. The van der Waals surface area contributed by atoms with Crippen LogP contribution in [0.2, 0.25) is 0 Å². The van der Waals surface area contributed by atoms with Gasteiger partial charge in [-0.2, -0.15) is 4.31 Å². The number of rotatable bonds is 9. The number of carbonyl (C=O) groups is 1. The van der Waals surface area contributed by atoms with Crippen molar-refractivity contribution in [3.05, 3.63) is 53.6 Å². The number of morpholine rings is 1. The number of amides is 1. The molecule has 0 radical (unpaired) electrons. The molecule has 1 aliphatic heterocycles. The van der Waals surface area contributed by atoms with Gasteiger partial charge in [0.05, 0.1) is 32.3 Å². The summed E-state index contributed by atoms with van der Waals surface area (Å²) in [5.74, 6) is 1.19. The number of nitrogens with zero attached hydrogens (tertiary/aromatic N) is 1. The standard InChI is InChI=1S/C22H28N2O6S/c1-28-19-6-3-17(4-7-19)16-23-22(25)10-5-18-15-20(8-9-21(18)29-2)31(26,27)24-11-13-30-14-12-24/h3-4,6-9,15H,5,10-14,16H2,1-2H3,(H,23,25). The van der Waals surface area contributed by atoms with Crippen LogP contribution in [0.25, 0.3) is 0 Å². The minimum atomic E-state index is -3.61. The average Bonchev–Trinajstić information content (AvgIpc) is 2.82. The first-order valence-electron chi connectivity index (χ1n) is 10.1. The Morgan fingerprint density at radius 2 is 1.77 bits per heavy atom. The SMILES string of the molecule is COc1ccc(CNC(=O)CCc2cc(S(=O)(=O)N3CCOCC3)ccc2OC)cc1. The Morgan fingerprint density at radius 1 is 1.06 bits per heavy atom. The Balaban J connectivity index is 1.63. The van der Waals surface area contributed by atoms with E-state index in [1.54, 1.807) is 19.2 Å². The van der Waals surface area contributed by atoms with Crippen molar-refractivity contribution in [3.8, 4) is 11.5 Å². The number of ether oxygens (including phenoxy) is 3. The summed E-state index contributed by atoms with van der Waals surface area (Å²) < 4.78 is 43.0. The molecule has 3 rings (SSSR count). The van der Waals surface area contributed by atoms with Crippen molar-refractivity contribution in [2.45, 2.75) is 24.3 Å². The van der Waals surface area contributed by atoms with Crippen LogP contribution in [0.4, 0.5) is 0 Å². The molecular formula is C22H28N2O6S. The molecule has 8 nitrogen and oxygen atoms in total. The lowest BCUT2D eigenvalue weighted by Crippen LogP contribution is -2.40. The summed E-state index contributed by atoms with van der Waals surface area (Å²) in [5, 5.41) is 2.88. The van der Waals surface area contributed by atoms with E-state index in [-0.39, 0.29) is 17.2 Å². The fraction of sp³-hybridized carbons (Fsp3) is 0.409. The molecule has 1 fully saturated rings. The number of sulfonamides is 1. The number of carbonyl (C=O) groups excluding carboxylic acids is 1. The van der Waals surface area contributed by atoms with E-state index in [0.29, 0.717) is 50.6 Å². The summed E-state index contributed by atoms with van der Waals surface area (Å²) >= 11 is 0. The molecule has 1 heterocycles. The van der Waals surface area contributed by atoms with E-state index in [1.165, 1.54) is 17.5 Å². The molecule has 0 saturated carbocycles. The van der Waals surface area contributed by atoms with Crippen molar-refractivity contribution in [1.29, 1.82) is 0 Å². The highest BCUT2D eigenvalue weighted by molar-refractivity contribution is 7.89. The maximum Gasteiger partial charge on any atom is 0.243 e. The van der Waals surface area contributed by atoms with Gasteiger partial charge in [0.1, 0.15) is 11.5 Å². The van der Waals surface area contributed by atoms with Crippen LogP contribution in [0, 0.1) is 0 Å². The van der Waals surface area contributed by atoms with Gasteiger partial charge in [-0.15, -0.1) is 0 Å². The topological polar surface area (TPSA) is 94.2 Å². The van der Waals surface area contributed by atoms with Crippen molar-refractivity contribution < 1.29 is 27.4 Å². The molecule has 2 aromatic rings. The molecule has 168 valence electrons. The molecule has 0 atom stereocenters. The van der Waals surface area contributed by atoms with E-state index in [2.05, 4.69) is 5.32 Å². The molecule has 0 unspecified atom stereocenters. The van der Waals surface area contributed by atoms with Crippen LogP contribution >= 0.6 is 0 Å². The monoisotopic (exact) mass is 448 g/mol. The van der Waals surface area contributed by atoms with Gasteiger partial charge in [0.2, 0.25) is 15.9 Å². The Hall–Kier alpha value is -2.62. The van der Waals surface area contributed by atoms with Crippen LogP contribution in [-0.4, -0.2) is 59.2 Å². The van der Waals surface area contributed by atoms with Gasteiger partial charge in [0, 0.05) is 26.1 Å². The summed E-state index contributed by atoms with van der Waals surface area (Å²) in [5.41, 5.74) is 1.64. The summed E-state index contributed by atoms with van der Waals surface area (Å²) in [6, 6.07) is 12.2. The normalized spacial score (nSPS) is 14.8. The van der Waals surface area contributed by atoms with Crippen LogP contribution in [0.1, 0.15) is 17.5 Å². The van der Waals surface area contributed by atoms with Crippen LogP contribution in [-0.2, 0) is 32.5 Å². The Bertz CT molecular complexity index is 986. The molecule has 31 heavy (non-hydrogen) atoms. The van der Waals surface area contributed by atoms with E-state index < -0.39 is 10.0 Å².